The van der Waals surface area contributed by atoms with Crippen LogP contribution in [0.3, 0.4) is 0 Å². The van der Waals surface area contributed by atoms with Gasteiger partial charge in [0.1, 0.15) is 11.5 Å². The SMILES string of the molecule is COc1cc(C(C)c2c(O)cc(C=Cc3ccc(O)c(O)c3)cc2O)cc(OC)c1O. The molecule has 3 rings (SSSR count). The van der Waals surface area contributed by atoms with E-state index in [1.165, 1.54) is 38.5 Å². The normalized spacial score (nSPS) is 12.1. The van der Waals surface area contributed by atoms with Gasteiger partial charge in [0.15, 0.2) is 23.0 Å². The summed E-state index contributed by atoms with van der Waals surface area (Å²) in [5.74, 6) is -0.789. The molecule has 5 N–H and O–H groups in total. The molecule has 0 aromatic heterocycles. The predicted octanol–water partition coefficient (Wildman–Crippen LogP) is 4.55. The highest BCUT2D eigenvalue weighted by Gasteiger charge is 2.21. The molecule has 31 heavy (non-hydrogen) atoms. The van der Waals surface area contributed by atoms with Crippen LogP contribution >= 0.6 is 0 Å². The van der Waals surface area contributed by atoms with Crippen LogP contribution in [-0.4, -0.2) is 39.8 Å². The molecule has 162 valence electrons. The van der Waals surface area contributed by atoms with Gasteiger partial charge in [-0.1, -0.05) is 25.1 Å². The van der Waals surface area contributed by atoms with E-state index < -0.39 is 5.92 Å². The number of phenols is 5. The first kappa shape index (κ1) is 21.7. The number of hydrogen-bond acceptors (Lipinski definition) is 7. The van der Waals surface area contributed by atoms with Crippen LogP contribution in [0.2, 0.25) is 0 Å². The zero-order valence-electron chi connectivity index (χ0n) is 17.3. The molecule has 7 nitrogen and oxygen atoms in total. The molecule has 0 fully saturated rings. The molecule has 3 aromatic rings. The number of phenolic OH excluding ortho intramolecular Hbond substituents is 5. The summed E-state index contributed by atoms with van der Waals surface area (Å²) in [5, 5.41) is 50.3. The van der Waals surface area contributed by atoms with Crippen LogP contribution in [0.25, 0.3) is 12.2 Å². The fraction of sp³-hybridized carbons (Fsp3) is 0.167. The monoisotopic (exact) mass is 424 g/mol. The number of aromatic hydroxyl groups is 5. The largest absolute Gasteiger partial charge is 0.507 e. The molecule has 3 aromatic carbocycles. The summed E-state index contributed by atoms with van der Waals surface area (Å²) < 4.78 is 10.4. The Bertz CT molecular complexity index is 1090. The molecule has 0 saturated heterocycles. The van der Waals surface area contributed by atoms with Gasteiger partial charge in [-0.2, -0.15) is 0 Å². The van der Waals surface area contributed by atoms with Gasteiger partial charge in [-0.15, -0.1) is 0 Å². The molecule has 0 amide bonds. The van der Waals surface area contributed by atoms with E-state index in [-0.39, 0.29) is 40.2 Å². The summed E-state index contributed by atoms with van der Waals surface area (Å²) in [6.45, 7) is 1.80. The average molecular weight is 424 g/mol. The van der Waals surface area contributed by atoms with Crippen molar-refractivity contribution < 1.29 is 35.0 Å². The van der Waals surface area contributed by atoms with Crippen LogP contribution in [0.4, 0.5) is 0 Å². The Balaban J connectivity index is 1.95. The van der Waals surface area contributed by atoms with Crippen molar-refractivity contribution in [2.45, 2.75) is 12.8 Å². The minimum atomic E-state index is -0.435. The fourth-order valence-corrected chi connectivity index (χ4v) is 3.35. The van der Waals surface area contributed by atoms with Crippen LogP contribution in [0.5, 0.6) is 40.2 Å². The van der Waals surface area contributed by atoms with Gasteiger partial charge in [0.25, 0.3) is 0 Å². The van der Waals surface area contributed by atoms with E-state index in [9.17, 15) is 25.5 Å². The lowest BCUT2D eigenvalue weighted by Gasteiger charge is -2.19. The third-order valence-corrected chi connectivity index (χ3v) is 5.06. The van der Waals surface area contributed by atoms with E-state index in [0.717, 1.165) is 0 Å². The Hall–Kier alpha value is -4.00. The van der Waals surface area contributed by atoms with Gasteiger partial charge in [0.2, 0.25) is 5.75 Å². The number of methoxy groups -OCH3 is 2. The van der Waals surface area contributed by atoms with Crippen molar-refractivity contribution in [1.29, 1.82) is 0 Å². The van der Waals surface area contributed by atoms with E-state index in [2.05, 4.69) is 0 Å². The van der Waals surface area contributed by atoms with Gasteiger partial charge < -0.3 is 35.0 Å². The third kappa shape index (κ3) is 4.45. The summed E-state index contributed by atoms with van der Waals surface area (Å²) in [7, 11) is 2.85. The van der Waals surface area contributed by atoms with Crippen LogP contribution in [0, 0.1) is 0 Å². The minimum Gasteiger partial charge on any atom is -0.507 e. The van der Waals surface area contributed by atoms with Crippen molar-refractivity contribution in [1.82, 2.24) is 0 Å². The van der Waals surface area contributed by atoms with Gasteiger partial charge in [-0.3, -0.25) is 0 Å². The van der Waals surface area contributed by atoms with Gasteiger partial charge in [-0.05, 0) is 53.1 Å². The molecule has 0 radical (unpaired) electrons. The number of ether oxygens (including phenoxy) is 2. The van der Waals surface area contributed by atoms with Crippen LogP contribution in [0.15, 0.2) is 42.5 Å². The number of benzene rings is 3. The molecule has 0 heterocycles. The van der Waals surface area contributed by atoms with Crippen LogP contribution < -0.4 is 9.47 Å². The lowest BCUT2D eigenvalue weighted by molar-refractivity contribution is 0.339. The molecule has 0 bridgehead atoms. The topological polar surface area (TPSA) is 120 Å². The average Bonchev–Trinajstić information content (AvgIpc) is 2.74. The highest BCUT2D eigenvalue weighted by Crippen LogP contribution is 2.44. The molecule has 0 aliphatic carbocycles. The van der Waals surface area contributed by atoms with E-state index in [0.29, 0.717) is 22.3 Å². The molecule has 0 aliphatic rings. The highest BCUT2D eigenvalue weighted by molar-refractivity contribution is 5.73. The second kappa shape index (κ2) is 8.79. The first-order valence-corrected chi connectivity index (χ1v) is 9.46. The third-order valence-electron chi connectivity index (χ3n) is 5.06. The van der Waals surface area contributed by atoms with Gasteiger partial charge in [0, 0.05) is 11.5 Å². The number of hydrogen-bond donors (Lipinski definition) is 5. The molecule has 1 atom stereocenters. The van der Waals surface area contributed by atoms with Gasteiger partial charge in [0.05, 0.1) is 14.2 Å². The van der Waals surface area contributed by atoms with E-state index >= 15 is 0 Å². The second-order valence-corrected chi connectivity index (χ2v) is 7.05. The molecule has 0 aliphatic heterocycles. The first-order chi connectivity index (χ1) is 14.7. The summed E-state index contributed by atoms with van der Waals surface area (Å²) in [4.78, 5) is 0. The summed E-state index contributed by atoms with van der Waals surface area (Å²) in [5.41, 5.74) is 2.16. The van der Waals surface area contributed by atoms with Crippen molar-refractivity contribution in [3.8, 4) is 40.2 Å². The molecule has 0 spiro atoms. The van der Waals surface area contributed by atoms with Crippen LogP contribution in [-0.2, 0) is 0 Å². The van der Waals surface area contributed by atoms with Gasteiger partial charge >= 0.3 is 0 Å². The first-order valence-electron chi connectivity index (χ1n) is 9.46. The Morgan fingerprint density at radius 3 is 1.71 bits per heavy atom. The summed E-state index contributed by atoms with van der Waals surface area (Å²) in [6, 6.07) is 10.6. The molecule has 0 saturated carbocycles. The molecular weight excluding hydrogens is 400 g/mol. The van der Waals surface area contributed by atoms with Gasteiger partial charge in [-0.25, -0.2) is 0 Å². The zero-order chi connectivity index (χ0) is 22.7. The van der Waals surface area contributed by atoms with Crippen molar-refractivity contribution in [3.05, 3.63) is 64.7 Å². The van der Waals surface area contributed by atoms with Crippen molar-refractivity contribution >= 4 is 12.2 Å². The fourth-order valence-electron chi connectivity index (χ4n) is 3.35. The Kier molecular flexibility index (Phi) is 6.15. The Morgan fingerprint density at radius 1 is 0.677 bits per heavy atom. The lowest BCUT2D eigenvalue weighted by Crippen LogP contribution is -2.00. The van der Waals surface area contributed by atoms with Crippen molar-refractivity contribution in [2.24, 2.45) is 0 Å². The molecule has 7 heteroatoms. The quantitative estimate of drug-likeness (QED) is 0.291. The van der Waals surface area contributed by atoms with Crippen molar-refractivity contribution in [2.75, 3.05) is 14.2 Å². The minimum absolute atomic E-state index is 0.105. The predicted molar refractivity (Wildman–Crippen MR) is 117 cm³/mol. The Labute approximate surface area is 179 Å². The van der Waals surface area contributed by atoms with Crippen molar-refractivity contribution in [3.63, 3.8) is 0 Å². The van der Waals surface area contributed by atoms with Crippen LogP contribution in [0.1, 0.15) is 35.1 Å². The molecular formula is C24H24O7. The zero-order valence-corrected chi connectivity index (χ0v) is 17.3. The highest BCUT2D eigenvalue weighted by atomic mass is 16.5. The standard InChI is InChI=1S/C24H24O7/c1-13(16-11-21(30-2)24(29)22(12-16)31-3)23-19(27)9-15(10-20(23)28)5-4-14-6-7-17(25)18(26)8-14/h4-13,25-29H,1-3H3. The van der Waals surface area contributed by atoms with E-state index in [1.807, 2.05) is 0 Å². The van der Waals surface area contributed by atoms with E-state index in [1.54, 1.807) is 37.3 Å². The summed E-state index contributed by atoms with van der Waals surface area (Å²) in [6.07, 6.45) is 3.33. The second-order valence-electron chi connectivity index (χ2n) is 7.05. The van der Waals surface area contributed by atoms with E-state index in [4.69, 9.17) is 9.47 Å². The smallest absolute Gasteiger partial charge is 0.200 e. The lowest BCUT2D eigenvalue weighted by atomic mass is 9.90. The Morgan fingerprint density at radius 2 is 1.19 bits per heavy atom. The maximum atomic E-state index is 10.6. The number of rotatable bonds is 6. The molecule has 1 unspecified atom stereocenters. The maximum Gasteiger partial charge on any atom is 0.200 e. The summed E-state index contributed by atoms with van der Waals surface area (Å²) >= 11 is 0. The maximum absolute atomic E-state index is 10.6.